The van der Waals surface area contributed by atoms with Gasteiger partial charge in [0.05, 0.1) is 11.8 Å². The summed E-state index contributed by atoms with van der Waals surface area (Å²) in [6.45, 7) is 0. The van der Waals surface area contributed by atoms with Gasteiger partial charge in [0, 0.05) is 30.8 Å². The average Bonchev–Trinajstić information content (AvgIpc) is 2.74. The van der Waals surface area contributed by atoms with E-state index < -0.39 is 0 Å². The Balaban J connectivity index is 1.82. The molecule has 2 aromatic heterocycles. The molecule has 6 heteroatoms. The largest absolute Gasteiger partial charge is 0.358 e. The first kappa shape index (κ1) is 8.84. The van der Waals surface area contributed by atoms with E-state index in [2.05, 4.69) is 19.8 Å². The maximum absolute atomic E-state index is 4.42. The molecular formula is C9H11N5S. The maximum atomic E-state index is 4.42. The monoisotopic (exact) mass is 221 g/mol. The van der Waals surface area contributed by atoms with E-state index in [0.717, 1.165) is 16.5 Å². The van der Waals surface area contributed by atoms with Crippen LogP contribution in [0, 0.1) is 0 Å². The van der Waals surface area contributed by atoms with E-state index in [0.29, 0.717) is 6.04 Å². The minimum atomic E-state index is 0.625. The molecule has 0 radical (unpaired) electrons. The number of anilines is 1. The number of rotatable bonds is 3. The Bertz CT molecular complexity index is 470. The van der Waals surface area contributed by atoms with Gasteiger partial charge in [-0.15, -0.1) is 0 Å². The summed E-state index contributed by atoms with van der Waals surface area (Å²) >= 11 is 1.41. The quantitative estimate of drug-likeness (QED) is 0.853. The van der Waals surface area contributed by atoms with Crippen LogP contribution in [0.3, 0.4) is 0 Å². The topological polar surface area (TPSA) is 55.6 Å². The molecule has 0 aliphatic heterocycles. The van der Waals surface area contributed by atoms with E-state index in [1.807, 2.05) is 13.2 Å². The molecule has 0 spiro atoms. The molecule has 0 bridgehead atoms. The highest BCUT2D eigenvalue weighted by atomic mass is 32.1. The van der Waals surface area contributed by atoms with Crippen molar-refractivity contribution in [2.75, 3.05) is 5.32 Å². The molecule has 1 aliphatic carbocycles. The molecule has 3 rings (SSSR count). The van der Waals surface area contributed by atoms with Crippen LogP contribution in [-0.2, 0) is 7.05 Å². The van der Waals surface area contributed by atoms with E-state index in [1.165, 1.54) is 24.4 Å². The third kappa shape index (κ3) is 1.85. The van der Waals surface area contributed by atoms with Gasteiger partial charge < -0.3 is 5.32 Å². The predicted molar refractivity (Wildman–Crippen MR) is 58.8 cm³/mol. The Morgan fingerprint density at radius 3 is 3.07 bits per heavy atom. The van der Waals surface area contributed by atoms with E-state index in [-0.39, 0.29) is 0 Å². The van der Waals surface area contributed by atoms with Crippen LogP contribution in [0.4, 0.5) is 5.13 Å². The highest BCUT2D eigenvalue weighted by molar-refractivity contribution is 7.09. The minimum Gasteiger partial charge on any atom is -0.358 e. The number of aromatic nitrogens is 4. The zero-order valence-electron chi connectivity index (χ0n) is 8.34. The normalized spacial score (nSPS) is 15.5. The summed E-state index contributed by atoms with van der Waals surface area (Å²) < 4.78 is 6.05. The molecule has 2 aromatic rings. The summed E-state index contributed by atoms with van der Waals surface area (Å²) in [5.41, 5.74) is 0.970. The second kappa shape index (κ2) is 3.30. The molecule has 0 saturated heterocycles. The van der Waals surface area contributed by atoms with E-state index >= 15 is 0 Å². The maximum Gasteiger partial charge on any atom is 0.203 e. The number of nitrogens with one attached hydrogen (secondary N) is 1. The lowest BCUT2D eigenvalue weighted by Gasteiger charge is -1.94. The Hall–Kier alpha value is -1.43. The molecule has 0 unspecified atom stereocenters. The van der Waals surface area contributed by atoms with Gasteiger partial charge in [0.15, 0.2) is 5.82 Å². The molecule has 0 atom stereocenters. The highest BCUT2D eigenvalue weighted by Gasteiger charge is 2.22. The van der Waals surface area contributed by atoms with Crippen molar-refractivity contribution < 1.29 is 0 Å². The molecule has 2 heterocycles. The summed E-state index contributed by atoms with van der Waals surface area (Å²) in [4.78, 5) is 4.42. The number of hydrogen-bond donors (Lipinski definition) is 1. The number of hydrogen-bond acceptors (Lipinski definition) is 5. The second-order valence-electron chi connectivity index (χ2n) is 3.74. The van der Waals surface area contributed by atoms with Crippen molar-refractivity contribution in [1.82, 2.24) is 19.1 Å². The Morgan fingerprint density at radius 2 is 2.40 bits per heavy atom. The van der Waals surface area contributed by atoms with Gasteiger partial charge in [0.2, 0.25) is 5.13 Å². The Kier molecular flexibility index (Phi) is 1.95. The molecular weight excluding hydrogens is 210 g/mol. The van der Waals surface area contributed by atoms with Crippen molar-refractivity contribution >= 4 is 16.7 Å². The van der Waals surface area contributed by atoms with Gasteiger partial charge in [-0.25, -0.2) is 0 Å². The first-order chi connectivity index (χ1) is 7.31. The molecule has 78 valence electrons. The third-order valence-corrected chi connectivity index (χ3v) is 2.94. The molecule has 15 heavy (non-hydrogen) atoms. The van der Waals surface area contributed by atoms with Crippen LogP contribution in [0.1, 0.15) is 12.8 Å². The molecule has 1 fully saturated rings. The van der Waals surface area contributed by atoms with Crippen molar-refractivity contribution in [1.29, 1.82) is 0 Å². The SMILES string of the molecule is Cn1cc(-c2nsc(NC3CC3)n2)cn1. The van der Waals surface area contributed by atoms with Gasteiger partial charge >= 0.3 is 0 Å². The van der Waals surface area contributed by atoms with Crippen molar-refractivity contribution in [3.63, 3.8) is 0 Å². The number of nitrogens with zero attached hydrogens (tertiary/aromatic N) is 4. The van der Waals surface area contributed by atoms with Crippen molar-refractivity contribution in [3.05, 3.63) is 12.4 Å². The van der Waals surface area contributed by atoms with Gasteiger partial charge in [-0.3, -0.25) is 4.68 Å². The van der Waals surface area contributed by atoms with Crippen molar-refractivity contribution in [2.24, 2.45) is 7.05 Å². The van der Waals surface area contributed by atoms with Crippen LogP contribution in [-0.4, -0.2) is 25.2 Å². The molecule has 5 nitrogen and oxygen atoms in total. The standard InChI is InChI=1S/C9H11N5S/c1-14-5-6(4-10-14)8-12-9(15-13-8)11-7-2-3-7/h4-5,7H,2-3H2,1H3,(H,11,12,13). The van der Waals surface area contributed by atoms with Crippen LogP contribution in [0.2, 0.25) is 0 Å². The molecule has 1 aliphatic rings. The first-order valence-electron chi connectivity index (χ1n) is 4.90. The summed E-state index contributed by atoms with van der Waals surface area (Å²) in [6, 6.07) is 0.625. The molecule has 0 amide bonds. The Morgan fingerprint density at radius 1 is 1.53 bits per heavy atom. The van der Waals surface area contributed by atoms with Crippen LogP contribution < -0.4 is 5.32 Å². The second-order valence-corrected chi connectivity index (χ2v) is 4.50. The fourth-order valence-electron chi connectivity index (χ4n) is 1.34. The average molecular weight is 221 g/mol. The zero-order chi connectivity index (χ0) is 10.3. The summed E-state index contributed by atoms with van der Waals surface area (Å²) in [7, 11) is 1.89. The van der Waals surface area contributed by atoms with Crippen molar-refractivity contribution in [2.45, 2.75) is 18.9 Å². The summed E-state index contributed by atoms with van der Waals surface area (Å²) in [5, 5.41) is 8.34. The Labute approximate surface area is 91.3 Å². The van der Waals surface area contributed by atoms with Crippen LogP contribution in [0.5, 0.6) is 0 Å². The van der Waals surface area contributed by atoms with Crippen LogP contribution >= 0.6 is 11.5 Å². The van der Waals surface area contributed by atoms with E-state index in [4.69, 9.17) is 0 Å². The lowest BCUT2D eigenvalue weighted by atomic mass is 10.3. The first-order valence-corrected chi connectivity index (χ1v) is 5.68. The fraction of sp³-hybridized carbons (Fsp3) is 0.444. The zero-order valence-corrected chi connectivity index (χ0v) is 9.16. The van der Waals surface area contributed by atoms with Gasteiger partial charge in [0.25, 0.3) is 0 Å². The minimum absolute atomic E-state index is 0.625. The van der Waals surface area contributed by atoms with E-state index in [1.54, 1.807) is 10.9 Å². The highest BCUT2D eigenvalue weighted by Crippen LogP contribution is 2.27. The smallest absolute Gasteiger partial charge is 0.203 e. The van der Waals surface area contributed by atoms with Gasteiger partial charge in [-0.1, -0.05) is 0 Å². The molecule has 1 N–H and O–H groups in total. The van der Waals surface area contributed by atoms with Crippen LogP contribution in [0.25, 0.3) is 11.4 Å². The van der Waals surface area contributed by atoms with Gasteiger partial charge in [0.1, 0.15) is 0 Å². The molecule has 1 saturated carbocycles. The fourth-order valence-corrected chi connectivity index (χ4v) is 2.00. The summed E-state index contributed by atoms with van der Waals surface area (Å²) in [5.74, 6) is 0.760. The number of aryl methyl sites for hydroxylation is 1. The van der Waals surface area contributed by atoms with E-state index in [9.17, 15) is 0 Å². The van der Waals surface area contributed by atoms with Crippen LogP contribution in [0.15, 0.2) is 12.4 Å². The lowest BCUT2D eigenvalue weighted by molar-refractivity contribution is 0.768. The molecule has 0 aromatic carbocycles. The van der Waals surface area contributed by atoms with Gasteiger partial charge in [-0.2, -0.15) is 14.5 Å². The third-order valence-electron chi connectivity index (χ3n) is 2.29. The van der Waals surface area contributed by atoms with Crippen molar-refractivity contribution in [3.8, 4) is 11.4 Å². The summed E-state index contributed by atoms with van der Waals surface area (Å²) in [6.07, 6.45) is 6.20. The van der Waals surface area contributed by atoms with Gasteiger partial charge in [-0.05, 0) is 12.8 Å². The predicted octanol–water partition coefficient (Wildman–Crippen LogP) is 1.51. The lowest BCUT2D eigenvalue weighted by Crippen LogP contribution is -1.99.